The van der Waals surface area contributed by atoms with Gasteiger partial charge in [-0.3, -0.25) is 4.79 Å². The van der Waals surface area contributed by atoms with E-state index in [2.05, 4.69) is 15.9 Å². The minimum atomic E-state index is 0.184. The van der Waals surface area contributed by atoms with E-state index in [9.17, 15) is 4.79 Å². The Morgan fingerprint density at radius 3 is 2.80 bits per heavy atom. The number of morpholine rings is 1. The maximum absolute atomic E-state index is 12.1. The number of carbonyl (C=O) groups excluding carboxylic acids is 1. The maximum Gasteiger partial charge on any atom is 0.225 e. The molecule has 0 bridgehead atoms. The van der Waals surface area contributed by atoms with Crippen molar-refractivity contribution in [3.05, 3.63) is 0 Å². The van der Waals surface area contributed by atoms with Gasteiger partial charge in [-0.05, 0) is 12.8 Å². The van der Waals surface area contributed by atoms with Gasteiger partial charge < -0.3 is 9.64 Å². The van der Waals surface area contributed by atoms with Crippen LogP contribution in [0.4, 0.5) is 0 Å². The van der Waals surface area contributed by atoms with E-state index >= 15 is 0 Å². The normalized spacial score (nSPS) is 28.3. The number of ether oxygens (including phenoxy) is 1. The summed E-state index contributed by atoms with van der Waals surface area (Å²) in [6.07, 6.45) is 4.82. The topological polar surface area (TPSA) is 29.5 Å². The Balaban J connectivity index is 1.88. The monoisotopic (exact) mass is 275 g/mol. The number of nitrogens with zero attached hydrogens (tertiary/aromatic N) is 1. The first-order valence-electron chi connectivity index (χ1n) is 5.77. The average molecular weight is 276 g/mol. The number of hydrogen-bond donors (Lipinski definition) is 0. The molecule has 2 rings (SSSR count). The molecule has 0 aromatic rings. The van der Waals surface area contributed by atoms with Crippen LogP contribution in [0.2, 0.25) is 0 Å². The Hall–Kier alpha value is -0.0900. The molecule has 1 atom stereocenters. The van der Waals surface area contributed by atoms with Gasteiger partial charge in [-0.15, -0.1) is 0 Å². The van der Waals surface area contributed by atoms with E-state index in [4.69, 9.17) is 4.74 Å². The van der Waals surface area contributed by atoms with Crippen LogP contribution in [-0.2, 0) is 9.53 Å². The summed E-state index contributed by atoms with van der Waals surface area (Å²) in [5.41, 5.74) is 0. The van der Waals surface area contributed by atoms with E-state index in [0.29, 0.717) is 18.4 Å². The number of carbonyl (C=O) groups is 1. The van der Waals surface area contributed by atoms with Gasteiger partial charge in [-0.1, -0.05) is 28.8 Å². The number of hydrogen-bond acceptors (Lipinski definition) is 2. The zero-order valence-electron chi connectivity index (χ0n) is 8.95. The highest BCUT2D eigenvalue weighted by Crippen LogP contribution is 2.27. The Morgan fingerprint density at radius 1 is 1.40 bits per heavy atom. The molecule has 0 aromatic heterocycles. The molecule has 86 valence electrons. The zero-order chi connectivity index (χ0) is 10.7. The van der Waals surface area contributed by atoms with Crippen molar-refractivity contribution in [2.45, 2.75) is 31.8 Å². The predicted octanol–water partition coefficient (Wildman–Crippen LogP) is 1.80. The van der Waals surface area contributed by atoms with E-state index in [-0.39, 0.29) is 6.10 Å². The lowest BCUT2D eigenvalue weighted by molar-refractivity contribution is -0.142. The fourth-order valence-electron chi connectivity index (χ4n) is 2.44. The van der Waals surface area contributed by atoms with Gasteiger partial charge in [0.1, 0.15) is 0 Å². The minimum absolute atomic E-state index is 0.184. The fraction of sp³-hybridized carbons (Fsp3) is 0.909. The molecule has 15 heavy (non-hydrogen) atoms. The van der Waals surface area contributed by atoms with Gasteiger partial charge in [-0.25, -0.2) is 0 Å². The van der Waals surface area contributed by atoms with Crippen LogP contribution in [0.3, 0.4) is 0 Å². The van der Waals surface area contributed by atoms with Gasteiger partial charge >= 0.3 is 0 Å². The van der Waals surface area contributed by atoms with Gasteiger partial charge in [0.05, 0.1) is 12.7 Å². The number of alkyl halides is 1. The van der Waals surface area contributed by atoms with Crippen molar-refractivity contribution in [1.82, 2.24) is 4.90 Å². The SMILES string of the molecule is O=C(C1CCCC1)N1CCOC(CBr)C1. The van der Waals surface area contributed by atoms with Crippen LogP contribution in [0.25, 0.3) is 0 Å². The number of amides is 1. The second-order valence-electron chi connectivity index (χ2n) is 4.41. The van der Waals surface area contributed by atoms with Crippen LogP contribution in [-0.4, -0.2) is 41.9 Å². The summed E-state index contributed by atoms with van der Waals surface area (Å²) in [6.45, 7) is 2.23. The lowest BCUT2D eigenvalue weighted by Crippen LogP contribution is -2.48. The highest BCUT2D eigenvalue weighted by Gasteiger charge is 2.30. The molecular formula is C11H18BrNO2. The second kappa shape index (κ2) is 5.30. The molecule has 1 aliphatic heterocycles. The van der Waals surface area contributed by atoms with E-state index in [0.717, 1.165) is 31.3 Å². The van der Waals surface area contributed by atoms with Crippen molar-refractivity contribution < 1.29 is 9.53 Å². The first-order valence-corrected chi connectivity index (χ1v) is 6.89. The number of halogens is 1. The Labute approximate surface area is 99.3 Å². The van der Waals surface area contributed by atoms with E-state index in [1.54, 1.807) is 0 Å². The molecule has 1 saturated carbocycles. The fourth-order valence-corrected chi connectivity index (χ4v) is 2.84. The van der Waals surface area contributed by atoms with Crippen LogP contribution in [0.5, 0.6) is 0 Å². The molecule has 0 spiro atoms. The van der Waals surface area contributed by atoms with Gasteiger partial charge in [0.25, 0.3) is 0 Å². The predicted molar refractivity (Wildman–Crippen MR) is 62.1 cm³/mol. The summed E-state index contributed by atoms with van der Waals surface area (Å²) in [5, 5.41) is 0.821. The van der Waals surface area contributed by atoms with Gasteiger partial charge in [0.15, 0.2) is 0 Å². The summed E-state index contributed by atoms with van der Waals surface area (Å²) in [6, 6.07) is 0. The minimum Gasteiger partial charge on any atom is -0.374 e. The van der Waals surface area contributed by atoms with Crippen LogP contribution < -0.4 is 0 Å². The van der Waals surface area contributed by atoms with Crippen LogP contribution in [0.1, 0.15) is 25.7 Å². The smallest absolute Gasteiger partial charge is 0.225 e. The highest BCUT2D eigenvalue weighted by atomic mass is 79.9. The molecule has 0 aromatic carbocycles. The highest BCUT2D eigenvalue weighted by molar-refractivity contribution is 9.09. The molecule has 1 amide bonds. The summed E-state index contributed by atoms with van der Waals surface area (Å²) < 4.78 is 5.53. The molecular weight excluding hydrogens is 258 g/mol. The molecule has 1 heterocycles. The van der Waals surface area contributed by atoms with E-state index < -0.39 is 0 Å². The van der Waals surface area contributed by atoms with Crippen molar-refractivity contribution in [3.63, 3.8) is 0 Å². The zero-order valence-corrected chi connectivity index (χ0v) is 10.5. The largest absolute Gasteiger partial charge is 0.374 e. The van der Waals surface area contributed by atoms with Crippen molar-refractivity contribution in [1.29, 1.82) is 0 Å². The lowest BCUT2D eigenvalue weighted by Gasteiger charge is -2.33. The summed E-state index contributed by atoms with van der Waals surface area (Å²) in [4.78, 5) is 14.1. The number of rotatable bonds is 2. The standard InChI is InChI=1S/C11H18BrNO2/c12-7-10-8-13(5-6-15-10)11(14)9-3-1-2-4-9/h9-10H,1-8H2. The molecule has 1 unspecified atom stereocenters. The van der Waals surface area contributed by atoms with Crippen molar-refractivity contribution in [2.24, 2.45) is 5.92 Å². The third kappa shape index (κ3) is 2.72. The second-order valence-corrected chi connectivity index (χ2v) is 5.06. The van der Waals surface area contributed by atoms with E-state index in [1.807, 2.05) is 4.90 Å². The van der Waals surface area contributed by atoms with Crippen LogP contribution >= 0.6 is 15.9 Å². The Morgan fingerprint density at radius 2 is 2.13 bits per heavy atom. The molecule has 2 fully saturated rings. The van der Waals surface area contributed by atoms with Crippen LogP contribution in [0.15, 0.2) is 0 Å². The average Bonchev–Trinajstić information content (AvgIpc) is 2.81. The lowest BCUT2D eigenvalue weighted by atomic mass is 10.1. The van der Waals surface area contributed by atoms with Crippen molar-refractivity contribution >= 4 is 21.8 Å². The molecule has 0 radical (unpaired) electrons. The molecule has 0 N–H and O–H groups in total. The quantitative estimate of drug-likeness (QED) is 0.720. The van der Waals surface area contributed by atoms with Gasteiger partial charge in [-0.2, -0.15) is 0 Å². The Bertz CT molecular complexity index is 229. The van der Waals surface area contributed by atoms with Crippen molar-refractivity contribution in [3.8, 4) is 0 Å². The molecule has 1 aliphatic carbocycles. The third-order valence-corrected chi connectivity index (χ3v) is 4.05. The molecule has 2 aliphatic rings. The first kappa shape index (κ1) is 11.4. The molecule has 1 saturated heterocycles. The Kier molecular flexibility index (Phi) is 4.03. The van der Waals surface area contributed by atoms with Crippen LogP contribution in [0, 0.1) is 5.92 Å². The van der Waals surface area contributed by atoms with Crippen molar-refractivity contribution in [2.75, 3.05) is 25.0 Å². The van der Waals surface area contributed by atoms with E-state index in [1.165, 1.54) is 12.8 Å². The maximum atomic E-state index is 12.1. The third-order valence-electron chi connectivity index (χ3n) is 3.33. The van der Waals surface area contributed by atoms with Gasteiger partial charge in [0.2, 0.25) is 5.91 Å². The molecule has 3 nitrogen and oxygen atoms in total. The first-order chi connectivity index (χ1) is 7.31. The molecule has 4 heteroatoms. The summed E-state index contributed by atoms with van der Waals surface area (Å²) >= 11 is 3.41. The summed E-state index contributed by atoms with van der Waals surface area (Å²) in [5.74, 6) is 0.667. The van der Waals surface area contributed by atoms with Gasteiger partial charge in [0, 0.05) is 24.3 Å². The summed E-state index contributed by atoms with van der Waals surface area (Å²) in [7, 11) is 0.